The van der Waals surface area contributed by atoms with E-state index in [0.29, 0.717) is 0 Å². The number of esters is 1. The van der Waals surface area contributed by atoms with E-state index in [9.17, 15) is 4.79 Å². The molecule has 1 aromatic carbocycles. The summed E-state index contributed by atoms with van der Waals surface area (Å²) in [6.45, 7) is 2.04. The highest BCUT2D eigenvalue weighted by Crippen LogP contribution is 2.73. The first-order valence-electron chi connectivity index (χ1n) is 6.53. The molecule has 3 fully saturated rings. The molecule has 4 heteroatoms. The molecule has 0 N–H and O–H groups in total. The summed E-state index contributed by atoms with van der Waals surface area (Å²) in [5.41, 5.74) is 2.65. The third kappa shape index (κ3) is 1.24. The van der Waals surface area contributed by atoms with Crippen molar-refractivity contribution >= 4 is 17.1 Å². The van der Waals surface area contributed by atoms with Crippen LogP contribution in [0.25, 0.3) is 11.1 Å². The van der Waals surface area contributed by atoms with Crippen molar-refractivity contribution in [2.24, 2.45) is 5.41 Å². The fraction of sp³-hybridized carbons (Fsp3) is 0.467. The molecule has 3 saturated carbocycles. The smallest absolute Gasteiger partial charge is 0.311 e. The molecule has 0 spiro atoms. The molecule has 0 unspecified atom stereocenters. The predicted molar refractivity (Wildman–Crippen MR) is 68.7 cm³/mol. The van der Waals surface area contributed by atoms with Crippen LogP contribution in [0.4, 0.5) is 0 Å². The number of benzene rings is 1. The van der Waals surface area contributed by atoms with Crippen molar-refractivity contribution in [1.82, 2.24) is 4.98 Å². The molecule has 4 nitrogen and oxygen atoms in total. The van der Waals surface area contributed by atoms with Gasteiger partial charge < -0.3 is 9.15 Å². The fourth-order valence-electron chi connectivity index (χ4n) is 3.71. The van der Waals surface area contributed by atoms with Gasteiger partial charge in [0.05, 0.1) is 17.9 Å². The van der Waals surface area contributed by atoms with E-state index in [1.807, 2.05) is 25.1 Å². The number of ether oxygens (including phenoxy) is 1. The number of aromatic nitrogens is 1. The molecular weight excluding hydrogens is 242 g/mol. The van der Waals surface area contributed by atoms with E-state index in [2.05, 4.69) is 4.98 Å². The summed E-state index contributed by atoms with van der Waals surface area (Å²) < 4.78 is 10.7. The molecule has 0 radical (unpaired) electrons. The predicted octanol–water partition coefficient (Wildman–Crippen LogP) is 2.73. The van der Waals surface area contributed by atoms with Crippen LogP contribution in [0.5, 0.6) is 0 Å². The zero-order valence-electron chi connectivity index (χ0n) is 11.0. The number of carbonyl (C=O) groups is 1. The Balaban J connectivity index is 1.66. The van der Waals surface area contributed by atoms with Gasteiger partial charge in [-0.2, -0.15) is 0 Å². The van der Waals surface area contributed by atoms with Gasteiger partial charge in [0.15, 0.2) is 5.58 Å². The highest BCUT2D eigenvalue weighted by atomic mass is 16.5. The van der Waals surface area contributed by atoms with Gasteiger partial charge in [0.1, 0.15) is 5.52 Å². The molecule has 5 rings (SSSR count). The van der Waals surface area contributed by atoms with Gasteiger partial charge >= 0.3 is 5.97 Å². The zero-order chi connectivity index (χ0) is 13.3. The monoisotopic (exact) mass is 257 g/mol. The summed E-state index contributed by atoms with van der Waals surface area (Å²) in [4.78, 5) is 16.3. The minimum absolute atomic E-state index is 0.0128. The minimum atomic E-state index is -0.245. The topological polar surface area (TPSA) is 52.3 Å². The van der Waals surface area contributed by atoms with Gasteiger partial charge in [0, 0.05) is 0 Å². The van der Waals surface area contributed by atoms with Crippen LogP contribution in [0.2, 0.25) is 0 Å². The van der Waals surface area contributed by atoms with E-state index in [-0.39, 0.29) is 16.8 Å². The molecule has 98 valence electrons. The highest BCUT2D eigenvalue weighted by molar-refractivity contribution is 5.82. The van der Waals surface area contributed by atoms with E-state index >= 15 is 0 Å². The Morgan fingerprint density at radius 1 is 1.37 bits per heavy atom. The van der Waals surface area contributed by atoms with Gasteiger partial charge in [-0.3, -0.25) is 4.79 Å². The Kier molecular flexibility index (Phi) is 1.85. The highest BCUT2D eigenvalue weighted by Gasteiger charge is 2.75. The van der Waals surface area contributed by atoms with Crippen molar-refractivity contribution < 1.29 is 13.9 Å². The molecule has 1 aromatic heterocycles. The molecule has 0 amide bonds. The maximum Gasteiger partial charge on any atom is 0.311 e. The lowest BCUT2D eigenvalue weighted by atomic mass is 9.35. The van der Waals surface area contributed by atoms with Crippen LogP contribution < -0.4 is 0 Å². The van der Waals surface area contributed by atoms with Crippen LogP contribution in [0, 0.1) is 12.3 Å². The first-order chi connectivity index (χ1) is 9.07. The van der Waals surface area contributed by atoms with Crippen molar-refractivity contribution in [2.45, 2.75) is 31.6 Å². The van der Waals surface area contributed by atoms with Crippen LogP contribution >= 0.6 is 0 Å². The van der Waals surface area contributed by atoms with Crippen molar-refractivity contribution in [2.75, 3.05) is 7.11 Å². The summed E-state index contributed by atoms with van der Waals surface area (Å²) in [5.74, 6) is 0.709. The molecule has 2 aromatic rings. The second-order valence-corrected chi connectivity index (χ2v) is 6.07. The summed E-state index contributed by atoms with van der Waals surface area (Å²) in [5, 5.41) is 0. The van der Waals surface area contributed by atoms with E-state index in [1.54, 1.807) is 0 Å². The largest absolute Gasteiger partial charge is 0.469 e. The standard InChI is InChI=1S/C15H15NO3/c1-9-3-4-10-11(5-9)19-12(16-10)14-6-15(7-14,8-14)13(17)18-2/h3-5H,6-8H2,1-2H3. The molecule has 0 saturated heterocycles. The minimum Gasteiger partial charge on any atom is -0.469 e. The average Bonchev–Trinajstić information content (AvgIpc) is 2.67. The number of carbonyl (C=O) groups excluding carboxylic acids is 1. The van der Waals surface area contributed by atoms with Crippen LogP contribution in [0.1, 0.15) is 30.7 Å². The normalized spacial score (nSPS) is 31.7. The maximum absolute atomic E-state index is 11.7. The van der Waals surface area contributed by atoms with Crippen molar-refractivity contribution in [3.8, 4) is 0 Å². The average molecular weight is 257 g/mol. The second-order valence-electron chi connectivity index (χ2n) is 6.07. The number of hydrogen-bond acceptors (Lipinski definition) is 4. The molecule has 0 aliphatic heterocycles. The Morgan fingerprint density at radius 2 is 2.11 bits per heavy atom. The molecule has 3 aliphatic rings. The lowest BCUT2D eigenvalue weighted by Crippen LogP contribution is -2.68. The fourth-order valence-corrected chi connectivity index (χ4v) is 3.71. The number of aryl methyl sites for hydroxylation is 1. The number of oxazole rings is 1. The summed E-state index contributed by atoms with van der Waals surface area (Å²) in [6, 6.07) is 6.03. The number of methoxy groups -OCH3 is 1. The number of nitrogens with zero attached hydrogens (tertiary/aromatic N) is 1. The third-order valence-electron chi connectivity index (χ3n) is 4.65. The van der Waals surface area contributed by atoms with Gasteiger partial charge in [-0.25, -0.2) is 4.98 Å². The lowest BCUT2D eigenvalue weighted by molar-refractivity contribution is -0.202. The van der Waals surface area contributed by atoms with Gasteiger partial charge in [-0.1, -0.05) is 6.07 Å². The second kappa shape index (κ2) is 3.18. The molecular formula is C15H15NO3. The maximum atomic E-state index is 11.7. The summed E-state index contributed by atoms with van der Waals surface area (Å²) in [6.07, 6.45) is 2.45. The van der Waals surface area contributed by atoms with E-state index < -0.39 is 0 Å². The van der Waals surface area contributed by atoms with E-state index in [4.69, 9.17) is 9.15 Å². The van der Waals surface area contributed by atoms with Crippen molar-refractivity contribution in [3.63, 3.8) is 0 Å². The van der Waals surface area contributed by atoms with Crippen LogP contribution in [-0.2, 0) is 14.9 Å². The first kappa shape index (κ1) is 11.0. The lowest BCUT2D eigenvalue weighted by Gasteiger charge is -2.66. The molecule has 2 bridgehead atoms. The van der Waals surface area contributed by atoms with Crippen molar-refractivity contribution in [1.29, 1.82) is 0 Å². The Morgan fingerprint density at radius 3 is 2.79 bits per heavy atom. The van der Waals surface area contributed by atoms with Crippen LogP contribution in [-0.4, -0.2) is 18.1 Å². The molecule has 0 atom stereocenters. The quantitative estimate of drug-likeness (QED) is 0.776. The SMILES string of the molecule is COC(=O)C12CC(c3nc4ccc(C)cc4o3)(C1)C2. The van der Waals surface area contributed by atoms with E-state index in [1.165, 1.54) is 12.7 Å². The van der Waals surface area contributed by atoms with E-state index in [0.717, 1.165) is 36.3 Å². The number of hydrogen-bond donors (Lipinski definition) is 0. The number of fused-ring (bicyclic) bond motifs is 1. The van der Waals surface area contributed by atoms with Gasteiger partial charge in [-0.05, 0) is 43.9 Å². The van der Waals surface area contributed by atoms with Gasteiger partial charge in [0.25, 0.3) is 0 Å². The molecule has 1 heterocycles. The van der Waals surface area contributed by atoms with Gasteiger partial charge in [-0.15, -0.1) is 0 Å². The summed E-state index contributed by atoms with van der Waals surface area (Å²) in [7, 11) is 1.46. The van der Waals surface area contributed by atoms with Crippen LogP contribution in [0.3, 0.4) is 0 Å². The zero-order valence-corrected chi connectivity index (χ0v) is 11.0. The van der Waals surface area contributed by atoms with Crippen LogP contribution in [0.15, 0.2) is 22.6 Å². The van der Waals surface area contributed by atoms with Crippen molar-refractivity contribution in [3.05, 3.63) is 29.7 Å². The number of rotatable bonds is 2. The Hall–Kier alpha value is -1.84. The summed E-state index contributed by atoms with van der Waals surface area (Å²) >= 11 is 0. The van der Waals surface area contributed by atoms with Gasteiger partial charge in [0.2, 0.25) is 5.89 Å². The third-order valence-corrected chi connectivity index (χ3v) is 4.65. The Labute approximate surface area is 110 Å². The Bertz CT molecular complexity index is 681. The molecule has 19 heavy (non-hydrogen) atoms. The molecule has 3 aliphatic carbocycles. The first-order valence-corrected chi connectivity index (χ1v) is 6.53.